The van der Waals surface area contributed by atoms with Gasteiger partial charge in [-0.3, -0.25) is 9.20 Å². The third-order valence-electron chi connectivity index (χ3n) is 3.27. The highest BCUT2D eigenvalue weighted by Crippen LogP contribution is 2.13. The van der Waals surface area contributed by atoms with Crippen LogP contribution in [0, 0.1) is 11.6 Å². The summed E-state index contributed by atoms with van der Waals surface area (Å²) in [5, 5.41) is 8.00. The van der Waals surface area contributed by atoms with Gasteiger partial charge in [0.25, 0.3) is 5.91 Å². The predicted octanol–water partition coefficient (Wildman–Crippen LogP) is 2.28. The van der Waals surface area contributed by atoms with Crippen LogP contribution in [0.5, 0.6) is 0 Å². The van der Waals surface area contributed by atoms with E-state index in [1.165, 1.54) is 11.9 Å². The topological polar surface area (TPSA) is 50.5 Å². The second kappa shape index (κ2) is 5.51. The summed E-state index contributed by atoms with van der Waals surface area (Å²) in [4.78, 5) is 13.6. The number of rotatable bonds is 3. The Morgan fingerprint density at radius 1 is 1.23 bits per heavy atom. The molecule has 3 aromatic rings. The van der Waals surface area contributed by atoms with Gasteiger partial charge in [0.15, 0.2) is 11.5 Å². The lowest BCUT2D eigenvalue weighted by molar-refractivity contribution is 0.0776. The Balaban J connectivity index is 1.84. The molecule has 0 spiro atoms. The summed E-state index contributed by atoms with van der Waals surface area (Å²) in [6.07, 6.45) is 1.78. The molecule has 0 fully saturated rings. The van der Waals surface area contributed by atoms with Gasteiger partial charge < -0.3 is 4.90 Å². The molecule has 0 saturated carbocycles. The number of hydrogen-bond acceptors (Lipinski definition) is 3. The summed E-state index contributed by atoms with van der Waals surface area (Å²) in [5.74, 6) is -1.61. The highest BCUT2D eigenvalue weighted by molar-refractivity contribution is 5.94. The molecule has 0 radical (unpaired) electrons. The Bertz CT molecular complexity index is 846. The molecular formula is C15H12F2N4O. The van der Waals surface area contributed by atoms with Gasteiger partial charge in [-0.05, 0) is 24.3 Å². The Morgan fingerprint density at radius 3 is 2.82 bits per heavy atom. The van der Waals surface area contributed by atoms with Gasteiger partial charge in [-0.2, -0.15) is 0 Å². The summed E-state index contributed by atoms with van der Waals surface area (Å²) >= 11 is 0. The third kappa shape index (κ3) is 2.52. The van der Waals surface area contributed by atoms with Crippen molar-refractivity contribution in [2.45, 2.75) is 6.54 Å². The van der Waals surface area contributed by atoms with Crippen molar-refractivity contribution in [3.63, 3.8) is 0 Å². The standard InChI is InChI=1S/C15H12F2N4O/c1-20(15(22)11-6-5-10(16)8-12(11)17)9-14-19-18-13-4-2-3-7-21(13)14/h2-8H,9H2,1H3. The Kier molecular flexibility index (Phi) is 3.54. The predicted molar refractivity (Wildman–Crippen MR) is 75.1 cm³/mol. The average Bonchev–Trinajstić information content (AvgIpc) is 2.90. The van der Waals surface area contributed by atoms with E-state index in [1.54, 1.807) is 16.7 Å². The van der Waals surface area contributed by atoms with Crippen molar-refractivity contribution >= 4 is 11.6 Å². The molecule has 0 N–H and O–H groups in total. The lowest BCUT2D eigenvalue weighted by Crippen LogP contribution is -2.28. The molecule has 1 aromatic carbocycles. The van der Waals surface area contributed by atoms with E-state index in [0.29, 0.717) is 17.5 Å². The van der Waals surface area contributed by atoms with E-state index < -0.39 is 17.5 Å². The first-order valence-electron chi connectivity index (χ1n) is 6.55. The Labute approximate surface area is 124 Å². The molecular weight excluding hydrogens is 290 g/mol. The summed E-state index contributed by atoms with van der Waals surface area (Å²) in [6, 6.07) is 8.31. The highest BCUT2D eigenvalue weighted by atomic mass is 19.1. The molecule has 2 heterocycles. The zero-order valence-corrected chi connectivity index (χ0v) is 11.7. The number of carbonyl (C=O) groups is 1. The van der Waals surface area contributed by atoms with Crippen molar-refractivity contribution in [1.82, 2.24) is 19.5 Å². The molecule has 3 rings (SSSR count). The maximum atomic E-state index is 13.7. The molecule has 1 amide bonds. The van der Waals surface area contributed by atoms with Gasteiger partial charge in [-0.15, -0.1) is 10.2 Å². The minimum atomic E-state index is -0.886. The molecule has 22 heavy (non-hydrogen) atoms. The highest BCUT2D eigenvalue weighted by Gasteiger charge is 2.18. The minimum Gasteiger partial charge on any atom is -0.334 e. The number of aromatic nitrogens is 3. The van der Waals surface area contributed by atoms with Crippen molar-refractivity contribution in [3.05, 3.63) is 65.6 Å². The van der Waals surface area contributed by atoms with E-state index in [2.05, 4.69) is 10.2 Å². The van der Waals surface area contributed by atoms with Crippen LogP contribution < -0.4 is 0 Å². The molecule has 0 saturated heterocycles. The summed E-state index contributed by atoms with van der Waals surface area (Å²) in [7, 11) is 1.52. The fourth-order valence-electron chi connectivity index (χ4n) is 2.15. The van der Waals surface area contributed by atoms with Gasteiger partial charge in [0.2, 0.25) is 0 Å². The average molecular weight is 302 g/mol. The van der Waals surface area contributed by atoms with Gasteiger partial charge in [0.05, 0.1) is 12.1 Å². The molecule has 0 bridgehead atoms. The molecule has 2 aromatic heterocycles. The van der Waals surface area contributed by atoms with Gasteiger partial charge >= 0.3 is 0 Å². The van der Waals surface area contributed by atoms with Crippen LogP contribution in [0.2, 0.25) is 0 Å². The fourth-order valence-corrected chi connectivity index (χ4v) is 2.15. The zero-order valence-electron chi connectivity index (χ0n) is 11.7. The van der Waals surface area contributed by atoms with Crippen LogP contribution in [0.4, 0.5) is 8.78 Å². The van der Waals surface area contributed by atoms with Crippen molar-refractivity contribution < 1.29 is 13.6 Å². The fraction of sp³-hybridized carbons (Fsp3) is 0.133. The Morgan fingerprint density at radius 2 is 2.05 bits per heavy atom. The van der Waals surface area contributed by atoms with Crippen LogP contribution in [0.25, 0.3) is 5.65 Å². The van der Waals surface area contributed by atoms with Gasteiger partial charge in [-0.1, -0.05) is 6.07 Å². The van der Waals surface area contributed by atoms with Crippen LogP contribution in [0.3, 0.4) is 0 Å². The monoisotopic (exact) mass is 302 g/mol. The number of amides is 1. The van der Waals surface area contributed by atoms with Crippen LogP contribution in [0.1, 0.15) is 16.2 Å². The number of nitrogens with zero attached hydrogens (tertiary/aromatic N) is 4. The van der Waals surface area contributed by atoms with E-state index in [4.69, 9.17) is 0 Å². The first kappa shape index (κ1) is 14.1. The maximum Gasteiger partial charge on any atom is 0.256 e. The van der Waals surface area contributed by atoms with E-state index in [1.807, 2.05) is 12.1 Å². The van der Waals surface area contributed by atoms with Crippen molar-refractivity contribution in [3.8, 4) is 0 Å². The van der Waals surface area contributed by atoms with Crippen LogP contribution in [0.15, 0.2) is 42.6 Å². The SMILES string of the molecule is CN(Cc1nnc2ccccn12)C(=O)c1ccc(F)cc1F. The van der Waals surface area contributed by atoms with Crippen molar-refractivity contribution in [1.29, 1.82) is 0 Å². The number of benzene rings is 1. The minimum absolute atomic E-state index is 0.154. The molecule has 0 aliphatic carbocycles. The molecule has 5 nitrogen and oxygen atoms in total. The molecule has 0 aliphatic heterocycles. The summed E-state index contributed by atoms with van der Waals surface area (Å²) in [5.41, 5.74) is 0.476. The Hall–Kier alpha value is -2.83. The zero-order chi connectivity index (χ0) is 15.7. The lowest BCUT2D eigenvalue weighted by Gasteiger charge is -2.16. The molecule has 0 atom stereocenters. The van der Waals surface area contributed by atoms with Crippen LogP contribution >= 0.6 is 0 Å². The molecule has 0 aliphatic rings. The van der Waals surface area contributed by atoms with Crippen LogP contribution in [-0.2, 0) is 6.54 Å². The van der Waals surface area contributed by atoms with E-state index in [9.17, 15) is 13.6 Å². The largest absolute Gasteiger partial charge is 0.334 e. The van der Waals surface area contributed by atoms with Gasteiger partial charge in [0, 0.05) is 19.3 Å². The number of fused-ring (bicyclic) bond motifs is 1. The number of hydrogen-bond donors (Lipinski definition) is 0. The maximum absolute atomic E-state index is 13.7. The molecule has 7 heteroatoms. The third-order valence-corrected chi connectivity index (χ3v) is 3.27. The second-order valence-electron chi connectivity index (χ2n) is 4.83. The van der Waals surface area contributed by atoms with Crippen molar-refractivity contribution in [2.24, 2.45) is 0 Å². The quantitative estimate of drug-likeness (QED) is 0.746. The first-order valence-corrected chi connectivity index (χ1v) is 6.55. The first-order chi connectivity index (χ1) is 10.6. The molecule has 0 unspecified atom stereocenters. The number of pyridine rings is 1. The summed E-state index contributed by atoms with van der Waals surface area (Å²) < 4.78 is 28.3. The lowest BCUT2D eigenvalue weighted by atomic mass is 10.2. The number of halogens is 2. The molecule has 112 valence electrons. The normalized spacial score (nSPS) is 10.9. The summed E-state index contributed by atoms with van der Waals surface area (Å²) in [6.45, 7) is 0.154. The van der Waals surface area contributed by atoms with Gasteiger partial charge in [0.1, 0.15) is 11.6 Å². The van der Waals surface area contributed by atoms with Crippen LogP contribution in [-0.4, -0.2) is 32.5 Å². The van der Waals surface area contributed by atoms with E-state index in [0.717, 1.165) is 12.1 Å². The van der Waals surface area contributed by atoms with E-state index in [-0.39, 0.29) is 12.1 Å². The van der Waals surface area contributed by atoms with E-state index >= 15 is 0 Å². The van der Waals surface area contributed by atoms with Crippen molar-refractivity contribution in [2.75, 3.05) is 7.05 Å². The smallest absolute Gasteiger partial charge is 0.256 e. The van der Waals surface area contributed by atoms with Gasteiger partial charge in [-0.25, -0.2) is 8.78 Å². The number of carbonyl (C=O) groups excluding carboxylic acids is 1. The second-order valence-corrected chi connectivity index (χ2v) is 4.83.